The highest BCUT2D eigenvalue weighted by atomic mass is 32.1. The Morgan fingerprint density at radius 3 is 2.61 bits per heavy atom. The van der Waals surface area contributed by atoms with Crippen molar-refractivity contribution in [3.63, 3.8) is 0 Å². The van der Waals surface area contributed by atoms with Gasteiger partial charge in [-0.2, -0.15) is 0 Å². The number of rotatable bonds is 9. The molecule has 1 atom stereocenters. The van der Waals surface area contributed by atoms with Crippen LogP contribution in [0.1, 0.15) is 57.7 Å². The molecule has 0 spiro atoms. The molecule has 4 rings (SSSR count). The number of phenols is 1. The Kier molecular flexibility index (Phi) is 8.36. The minimum atomic E-state index is -0.710. The summed E-state index contributed by atoms with van der Waals surface area (Å²) in [5.41, 5.74) is 1.98. The molecule has 0 amide bonds. The van der Waals surface area contributed by atoms with Crippen molar-refractivity contribution in [2.45, 2.75) is 52.7 Å². The minimum Gasteiger partial charge on any atom is -0.504 e. The van der Waals surface area contributed by atoms with Gasteiger partial charge in [-0.15, -0.1) is 0 Å². The quantitative estimate of drug-likeness (QED) is 0.327. The number of methoxy groups -OCH3 is 1. The Morgan fingerprint density at radius 2 is 1.95 bits per heavy atom. The van der Waals surface area contributed by atoms with Gasteiger partial charge in [-0.1, -0.05) is 42.9 Å². The summed E-state index contributed by atoms with van der Waals surface area (Å²) in [4.78, 5) is 32.1. The number of aromatic nitrogens is 1. The fourth-order valence-corrected chi connectivity index (χ4v) is 5.24. The normalized spacial score (nSPS) is 15.3. The van der Waals surface area contributed by atoms with Gasteiger partial charge in [0.05, 0.1) is 41.7 Å². The van der Waals surface area contributed by atoms with Crippen LogP contribution in [-0.4, -0.2) is 35.5 Å². The summed E-state index contributed by atoms with van der Waals surface area (Å²) in [6, 6.07) is 11.6. The van der Waals surface area contributed by atoms with Crippen molar-refractivity contribution < 1.29 is 24.1 Å². The number of thiazole rings is 1. The Labute approximate surface area is 225 Å². The van der Waals surface area contributed by atoms with Gasteiger partial charge in [0.1, 0.15) is 5.75 Å². The van der Waals surface area contributed by atoms with E-state index >= 15 is 0 Å². The van der Waals surface area contributed by atoms with E-state index in [-0.39, 0.29) is 17.4 Å². The fourth-order valence-electron chi connectivity index (χ4n) is 4.19. The maximum Gasteiger partial charge on any atom is 0.338 e. The molecular formula is C29H32N2O6S. The van der Waals surface area contributed by atoms with Crippen molar-refractivity contribution >= 4 is 23.4 Å². The molecule has 0 aliphatic carbocycles. The minimum absolute atomic E-state index is 0.0113. The SMILES string of the molecule is CCCCOc1ccc(C2C(C(=O)OC(C)C)=C(C)N=c3sc(=Cc4ccc(O)c(OC)c4)c(=O)n32)cc1. The lowest BCUT2D eigenvalue weighted by molar-refractivity contribution is -0.143. The molecule has 9 heteroatoms. The molecule has 2 aromatic carbocycles. The third-order valence-corrected chi connectivity index (χ3v) is 7.03. The average molecular weight is 537 g/mol. The lowest BCUT2D eigenvalue weighted by Gasteiger charge is -2.25. The van der Waals surface area contributed by atoms with Gasteiger partial charge in [0.2, 0.25) is 0 Å². The van der Waals surface area contributed by atoms with Crippen LogP contribution in [0.3, 0.4) is 0 Å². The average Bonchev–Trinajstić information content (AvgIpc) is 3.18. The number of nitrogens with zero attached hydrogens (tertiary/aromatic N) is 2. The molecule has 0 radical (unpaired) electrons. The van der Waals surface area contributed by atoms with E-state index in [0.29, 0.717) is 38.5 Å². The standard InChI is InChI=1S/C29H32N2O6S/c1-6-7-14-36-21-11-9-20(10-12-21)26-25(28(34)37-17(2)3)18(4)30-29-31(26)27(33)24(38-29)16-19-8-13-22(32)23(15-19)35-5/h8-13,15-17,26,32H,6-7,14H2,1-5H3. The van der Waals surface area contributed by atoms with Gasteiger partial charge in [0.15, 0.2) is 16.3 Å². The van der Waals surface area contributed by atoms with Gasteiger partial charge >= 0.3 is 5.97 Å². The van der Waals surface area contributed by atoms with E-state index in [9.17, 15) is 14.7 Å². The van der Waals surface area contributed by atoms with E-state index in [0.717, 1.165) is 24.2 Å². The number of aromatic hydroxyl groups is 1. The molecule has 3 aromatic rings. The second-order valence-electron chi connectivity index (χ2n) is 9.24. The van der Waals surface area contributed by atoms with E-state index in [1.54, 1.807) is 43.5 Å². The first-order valence-corrected chi connectivity index (χ1v) is 13.4. The Bertz CT molecular complexity index is 1530. The van der Waals surface area contributed by atoms with Gasteiger partial charge < -0.3 is 19.3 Å². The summed E-state index contributed by atoms with van der Waals surface area (Å²) < 4.78 is 18.5. The van der Waals surface area contributed by atoms with Gasteiger partial charge in [-0.3, -0.25) is 9.36 Å². The molecule has 0 saturated heterocycles. The first kappa shape index (κ1) is 27.2. The van der Waals surface area contributed by atoms with Crippen LogP contribution in [0.15, 0.2) is 63.5 Å². The largest absolute Gasteiger partial charge is 0.504 e. The van der Waals surface area contributed by atoms with Crippen LogP contribution in [-0.2, 0) is 9.53 Å². The second kappa shape index (κ2) is 11.7. The topological polar surface area (TPSA) is 99.4 Å². The van der Waals surface area contributed by atoms with E-state index in [1.807, 2.05) is 24.3 Å². The van der Waals surface area contributed by atoms with Crippen LogP contribution < -0.4 is 24.4 Å². The summed E-state index contributed by atoms with van der Waals surface area (Å²) >= 11 is 1.23. The first-order chi connectivity index (χ1) is 18.2. The monoisotopic (exact) mass is 536 g/mol. The molecule has 2 heterocycles. The first-order valence-electron chi connectivity index (χ1n) is 12.6. The van der Waals surface area contributed by atoms with Crippen molar-refractivity contribution in [1.29, 1.82) is 0 Å². The van der Waals surface area contributed by atoms with Gasteiger partial charge in [0, 0.05) is 0 Å². The van der Waals surface area contributed by atoms with E-state index < -0.39 is 12.0 Å². The number of carbonyl (C=O) groups is 1. The van der Waals surface area contributed by atoms with Crippen LogP contribution in [0.25, 0.3) is 6.08 Å². The highest BCUT2D eigenvalue weighted by Crippen LogP contribution is 2.32. The van der Waals surface area contributed by atoms with Crippen molar-refractivity contribution in [1.82, 2.24) is 4.57 Å². The number of allylic oxidation sites excluding steroid dienone is 1. The van der Waals surface area contributed by atoms with Crippen LogP contribution in [0.2, 0.25) is 0 Å². The Balaban J connectivity index is 1.84. The van der Waals surface area contributed by atoms with Crippen molar-refractivity contribution in [3.8, 4) is 17.2 Å². The number of benzene rings is 2. The van der Waals surface area contributed by atoms with Crippen molar-refractivity contribution in [3.05, 3.63) is 84.5 Å². The zero-order chi connectivity index (χ0) is 27.4. The maximum absolute atomic E-state index is 13.8. The highest BCUT2D eigenvalue weighted by Gasteiger charge is 2.33. The highest BCUT2D eigenvalue weighted by molar-refractivity contribution is 7.07. The molecule has 0 bridgehead atoms. The second-order valence-corrected chi connectivity index (χ2v) is 10.2. The number of unbranched alkanes of at least 4 members (excludes halogenated alkanes) is 1. The number of ether oxygens (including phenoxy) is 3. The molecular weight excluding hydrogens is 504 g/mol. The molecule has 1 aromatic heterocycles. The number of esters is 1. The maximum atomic E-state index is 13.8. The van der Waals surface area contributed by atoms with Gasteiger partial charge in [-0.05, 0) is 68.7 Å². The van der Waals surface area contributed by atoms with Crippen LogP contribution >= 0.6 is 11.3 Å². The van der Waals surface area contributed by atoms with Crippen LogP contribution in [0.5, 0.6) is 17.2 Å². The molecule has 1 N–H and O–H groups in total. The number of fused-ring (bicyclic) bond motifs is 1. The number of hydrogen-bond acceptors (Lipinski definition) is 8. The molecule has 0 fully saturated rings. The molecule has 1 aliphatic rings. The lowest BCUT2D eigenvalue weighted by atomic mass is 9.96. The van der Waals surface area contributed by atoms with Crippen LogP contribution in [0, 0.1) is 0 Å². The lowest BCUT2D eigenvalue weighted by Crippen LogP contribution is -2.40. The molecule has 0 saturated carbocycles. The zero-order valence-corrected chi connectivity index (χ0v) is 23.0. The Morgan fingerprint density at radius 1 is 1.21 bits per heavy atom. The van der Waals surface area contributed by atoms with Gasteiger partial charge in [-0.25, -0.2) is 9.79 Å². The Hall–Kier alpha value is -3.85. The van der Waals surface area contributed by atoms with E-state index in [2.05, 4.69) is 11.9 Å². The summed E-state index contributed by atoms with van der Waals surface area (Å²) in [7, 11) is 1.47. The molecule has 8 nitrogen and oxygen atoms in total. The van der Waals surface area contributed by atoms with E-state index in [4.69, 9.17) is 14.2 Å². The van der Waals surface area contributed by atoms with Crippen molar-refractivity contribution in [2.75, 3.05) is 13.7 Å². The number of hydrogen-bond donors (Lipinski definition) is 1. The molecule has 200 valence electrons. The smallest absolute Gasteiger partial charge is 0.338 e. The van der Waals surface area contributed by atoms with Crippen LogP contribution in [0.4, 0.5) is 0 Å². The third kappa shape index (κ3) is 5.67. The third-order valence-electron chi connectivity index (χ3n) is 6.05. The predicted octanol–water partition coefficient (Wildman–Crippen LogP) is 4.08. The predicted molar refractivity (Wildman–Crippen MR) is 146 cm³/mol. The van der Waals surface area contributed by atoms with E-state index in [1.165, 1.54) is 24.5 Å². The zero-order valence-electron chi connectivity index (χ0n) is 22.2. The summed E-state index contributed by atoms with van der Waals surface area (Å²) in [5.74, 6) is 0.535. The fraction of sp³-hybridized carbons (Fsp3) is 0.345. The summed E-state index contributed by atoms with van der Waals surface area (Å²) in [5, 5.41) is 9.93. The number of carbonyl (C=O) groups excluding carboxylic acids is 1. The molecule has 1 aliphatic heterocycles. The van der Waals surface area contributed by atoms with Gasteiger partial charge in [0.25, 0.3) is 5.56 Å². The van der Waals surface area contributed by atoms with Crippen molar-refractivity contribution in [2.24, 2.45) is 4.99 Å². The summed E-state index contributed by atoms with van der Waals surface area (Å²) in [6.45, 7) is 8.05. The molecule has 38 heavy (non-hydrogen) atoms. The summed E-state index contributed by atoms with van der Waals surface area (Å²) in [6.07, 6.45) is 3.39. The molecule has 1 unspecified atom stereocenters. The number of phenolic OH excluding ortho intramolecular Hbond substituents is 1.